The summed E-state index contributed by atoms with van der Waals surface area (Å²) in [6, 6.07) is 26.0. The highest BCUT2D eigenvalue weighted by Gasteiger charge is 2.22. The lowest BCUT2D eigenvalue weighted by Gasteiger charge is -2.22. The van der Waals surface area contributed by atoms with Crippen molar-refractivity contribution in [2.75, 3.05) is 0 Å². The van der Waals surface area contributed by atoms with Crippen molar-refractivity contribution in [3.63, 3.8) is 0 Å². The summed E-state index contributed by atoms with van der Waals surface area (Å²) < 4.78 is 8.56. The first-order valence-electron chi connectivity index (χ1n) is 12.6. The topological polar surface area (TPSA) is 40.8 Å². The third-order valence-electron chi connectivity index (χ3n) is 7.70. The Labute approximate surface area is 206 Å². The second-order valence-electron chi connectivity index (χ2n) is 9.90. The molecule has 0 unspecified atom stereocenters. The van der Waals surface area contributed by atoms with Gasteiger partial charge in [-0.1, -0.05) is 55.7 Å². The quantitative estimate of drug-likeness (QED) is 0.258. The predicted octanol–water partition coefficient (Wildman–Crippen LogP) is 7.97. The lowest BCUT2D eigenvalue weighted by Crippen LogP contribution is -2.30. The highest BCUT2D eigenvalue weighted by atomic mass is 16.3. The summed E-state index contributed by atoms with van der Waals surface area (Å²) in [5, 5.41) is 12.1. The first-order valence-corrected chi connectivity index (χ1v) is 12.6. The average molecular weight is 458 g/mol. The van der Waals surface area contributed by atoms with E-state index in [0.717, 1.165) is 44.3 Å². The minimum atomic E-state index is 0.575. The number of hydrogen-bond acceptors (Lipinski definition) is 2. The highest BCUT2D eigenvalue weighted by Crippen LogP contribution is 2.40. The Morgan fingerprint density at radius 2 is 1.66 bits per heavy atom. The van der Waals surface area contributed by atoms with E-state index < -0.39 is 0 Å². The van der Waals surface area contributed by atoms with Crippen LogP contribution in [0.2, 0.25) is 0 Å². The standard InChI is InChI=1S/C32H29N2O/c1-21-11-16-27-28-19-25(24-14-12-23(13-15-24)22-8-4-3-5-9-22)18-26(20-33)31(28)35-32(27)30(21)29-10-6-7-17-34(29)2/h6-7,10-19,22H,3-5,8-9H2,1-2H3/q+1. The van der Waals surface area contributed by atoms with Gasteiger partial charge < -0.3 is 4.42 Å². The molecule has 0 N–H and O–H groups in total. The van der Waals surface area contributed by atoms with Gasteiger partial charge in [-0.15, -0.1) is 0 Å². The predicted molar refractivity (Wildman–Crippen MR) is 141 cm³/mol. The molecular formula is C32H29N2O+. The summed E-state index contributed by atoms with van der Waals surface area (Å²) in [4.78, 5) is 0. The summed E-state index contributed by atoms with van der Waals surface area (Å²) >= 11 is 0. The molecule has 2 heterocycles. The number of nitriles is 1. The van der Waals surface area contributed by atoms with E-state index in [4.69, 9.17) is 4.42 Å². The number of nitrogens with zero attached hydrogens (tertiary/aromatic N) is 2. The largest absolute Gasteiger partial charge is 0.454 e. The smallest absolute Gasteiger partial charge is 0.216 e. The van der Waals surface area contributed by atoms with Crippen molar-refractivity contribution in [2.45, 2.75) is 44.9 Å². The number of rotatable bonds is 3. The Balaban J connectivity index is 1.51. The van der Waals surface area contributed by atoms with Gasteiger partial charge in [0.05, 0.1) is 11.1 Å². The maximum atomic E-state index is 10.0. The molecule has 0 spiro atoms. The second-order valence-corrected chi connectivity index (χ2v) is 9.90. The number of aromatic nitrogens is 1. The first-order chi connectivity index (χ1) is 17.1. The molecule has 2 aromatic heterocycles. The maximum absolute atomic E-state index is 10.0. The SMILES string of the molecule is Cc1ccc2c(oc3c(C#N)cc(-c4ccc(C5CCCCC5)cc4)cc32)c1-c1cccc[n+]1C. The molecule has 0 atom stereocenters. The molecule has 0 saturated heterocycles. The van der Waals surface area contributed by atoms with Gasteiger partial charge in [-0.2, -0.15) is 5.26 Å². The van der Waals surface area contributed by atoms with Gasteiger partial charge in [0.1, 0.15) is 18.7 Å². The molecule has 0 aliphatic heterocycles. The van der Waals surface area contributed by atoms with Crippen LogP contribution >= 0.6 is 0 Å². The van der Waals surface area contributed by atoms with E-state index in [1.165, 1.54) is 37.7 Å². The highest BCUT2D eigenvalue weighted by molar-refractivity contribution is 6.12. The summed E-state index contributed by atoms with van der Waals surface area (Å²) in [5.41, 5.74) is 9.02. The Kier molecular flexibility index (Phi) is 5.38. The van der Waals surface area contributed by atoms with E-state index in [1.807, 2.05) is 31.4 Å². The van der Waals surface area contributed by atoms with Crippen LogP contribution in [0.25, 0.3) is 44.3 Å². The molecule has 3 heteroatoms. The number of aryl methyl sites for hydroxylation is 2. The van der Waals surface area contributed by atoms with E-state index >= 15 is 0 Å². The first kappa shape index (κ1) is 21.6. The van der Waals surface area contributed by atoms with E-state index in [1.54, 1.807) is 0 Å². The van der Waals surface area contributed by atoms with E-state index in [-0.39, 0.29) is 0 Å². The van der Waals surface area contributed by atoms with Gasteiger partial charge in [0, 0.05) is 22.9 Å². The molecule has 5 aromatic rings. The third-order valence-corrected chi connectivity index (χ3v) is 7.70. The van der Waals surface area contributed by atoms with Crippen LogP contribution in [0.5, 0.6) is 0 Å². The average Bonchev–Trinajstić information content (AvgIpc) is 3.28. The summed E-state index contributed by atoms with van der Waals surface area (Å²) in [6.07, 6.45) is 8.69. The Morgan fingerprint density at radius 3 is 2.40 bits per heavy atom. The molecule has 35 heavy (non-hydrogen) atoms. The molecular weight excluding hydrogens is 428 g/mol. The summed E-state index contributed by atoms with van der Waals surface area (Å²) in [7, 11) is 2.05. The fourth-order valence-corrected chi connectivity index (χ4v) is 5.77. The zero-order valence-electron chi connectivity index (χ0n) is 20.3. The van der Waals surface area contributed by atoms with E-state index in [2.05, 4.69) is 66.1 Å². The molecule has 1 aliphatic carbocycles. The van der Waals surface area contributed by atoms with Gasteiger partial charge in [0.15, 0.2) is 11.8 Å². The molecule has 172 valence electrons. The Bertz CT molecular complexity index is 1600. The van der Waals surface area contributed by atoms with Crippen LogP contribution in [0.3, 0.4) is 0 Å². The Morgan fingerprint density at radius 1 is 0.857 bits per heavy atom. The minimum absolute atomic E-state index is 0.575. The van der Waals surface area contributed by atoms with Crippen LogP contribution in [-0.2, 0) is 7.05 Å². The van der Waals surface area contributed by atoms with Gasteiger partial charge in [-0.3, -0.25) is 0 Å². The zero-order valence-corrected chi connectivity index (χ0v) is 20.3. The lowest BCUT2D eigenvalue weighted by molar-refractivity contribution is -0.660. The molecule has 0 bridgehead atoms. The van der Waals surface area contributed by atoms with Crippen LogP contribution in [0.15, 0.2) is 77.3 Å². The van der Waals surface area contributed by atoms with Crippen molar-refractivity contribution in [3.8, 4) is 28.5 Å². The molecule has 3 aromatic carbocycles. The summed E-state index contributed by atoms with van der Waals surface area (Å²) in [6.45, 7) is 2.11. The molecule has 1 aliphatic rings. The number of fused-ring (bicyclic) bond motifs is 3. The van der Waals surface area contributed by atoms with Gasteiger partial charge in [0.2, 0.25) is 5.69 Å². The fraction of sp³-hybridized carbons (Fsp3) is 0.250. The maximum Gasteiger partial charge on any atom is 0.216 e. The van der Waals surface area contributed by atoms with Gasteiger partial charge in [0.25, 0.3) is 0 Å². The van der Waals surface area contributed by atoms with Crippen molar-refractivity contribution < 1.29 is 8.98 Å². The van der Waals surface area contributed by atoms with Crippen LogP contribution in [-0.4, -0.2) is 0 Å². The molecule has 1 saturated carbocycles. The fourth-order valence-electron chi connectivity index (χ4n) is 5.77. The van der Waals surface area contributed by atoms with Crippen molar-refractivity contribution in [1.82, 2.24) is 0 Å². The second kappa shape index (κ2) is 8.71. The third kappa shape index (κ3) is 3.70. The Hall–Kier alpha value is -3.90. The van der Waals surface area contributed by atoms with Crippen LogP contribution < -0.4 is 4.57 Å². The van der Waals surface area contributed by atoms with Crippen LogP contribution in [0, 0.1) is 18.3 Å². The van der Waals surface area contributed by atoms with E-state index in [0.29, 0.717) is 17.1 Å². The van der Waals surface area contributed by atoms with Gasteiger partial charge in [-0.25, -0.2) is 4.57 Å². The van der Waals surface area contributed by atoms with Gasteiger partial charge in [-0.05, 0) is 66.1 Å². The molecule has 0 radical (unpaired) electrons. The number of benzene rings is 3. The molecule has 1 fully saturated rings. The van der Waals surface area contributed by atoms with Crippen molar-refractivity contribution in [1.29, 1.82) is 5.26 Å². The lowest BCUT2D eigenvalue weighted by atomic mass is 9.83. The van der Waals surface area contributed by atoms with E-state index in [9.17, 15) is 5.26 Å². The van der Waals surface area contributed by atoms with Crippen LogP contribution in [0.1, 0.15) is 54.7 Å². The number of furan rings is 1. The minimum Gasteiger partial charge on any atom is -0.454 e. The molecule has 6 rings (SSSR count). The van der Waals surface area contributed by atoms with Crippen molar-refractivity contribution >= 4 is 21.9 Å². The zero-order chi connectivity index (χ0) is 23.9. The molecule has 3 nitrogen and oxygen atoms in total. The number of hydrogen-bond donors (Lipinski definition) is 0. The monoisotopic (exact) mass is 457 g/mol. The van der Waals surface area contributed by atoms with Crippen molar-refractivity contribution in [3.05, 3.63) is 89.6 Å². The number of pyridine rings is 1. The summed E-state index contributed by atoms with van der Waals surface area (Å²) in [5.74, 6) is 0.689. The van der Waals surface area contributed by atoms with Gasteiger partial charge >= 0.3 is 0 Å². The normalized spacial score (nSPS) is 14.4. The van der Waals surface area contributed by atoms with Crippen LogP contribution in [0.4, 0.5) is 0 Å². The van der Waals surface area contributed by atoms with Crippen molar-refractivity contribution in [2.24, 2.45) is 7.05 Å². The molecule has 0 amide bonds.